The van der Waals surface area contributed by atoms with Crippen LogP contribution in [0.5, 0.6) is 0 Å². The van der Waals surface area contributed by atoms with Gasteiger partial charge in [-0.1, -0.05) is 32.0 Å². The number of pyridine rings is 1. The average molecular weight is 227 g/mol. The van der Waals surface area contributed by atoms with Crippen LogP contribution in [0, 0.1) is 5.92 Å². The number of carbonyl (C=O) groups is 1. The minimum atomic E-state index is 0.220. The maximum Gasteiger partial charge on any atom is 0.163 e. The van der Waals surface area contributed by atoms with E-state index in [1.165, 1.54) is 0 Å². The summed E-state index contributed by atoms with van der Waals surface area (Å²) in [5, 5.41) is 0.962. The lowest BCUT2D eigenvalue weighted by Gasteiger charge is -2.06. The van der Waals surface area contributed by atoms with Crippen molar-refractivity contribution < 1.29 is 4.79 Å². The summed E-state index contributed by atoms with van der Waals surface area (Å²) in [5.74, 6) is 0.782. The highest BCUT2D eigenvalue weighted by Gasteiger charge is 2.10. The van der Waals surface area contributed by atoms with Crippen molar-refractivity contribution in [3.63, 3.8) is 0 Å². The standard InChI is InChI=1S/C15H17NO/c1-11(2)8-9-15(17)13-5-3-7-14-12(13)6-4-10-16-14/h3-7,10-11H,8-9H2,1-2H3. The fourth-order valence-electron chi connectivity index (χ4n) is 1.90. The number of nitrogens with zero attached hydrogens (tertiary/aromatic N) is 1. The van der Waals surface area contributed by atoms with E-state index in [4.69, 9.17) is 0 Å². The van der Waals surface area contributed by atoms with Crippen molar-refractivity contribution in [3.8, 4) is 0 Å². The molecular weight excluding hydrogens is 210 g/mol. The molecule has 1 aromatic heterocycles. The Morgan fingerprint density at radius 2 is 2.06 bits per heavy atom. The number of rotatable bonds is 4. The monoisotopic (exact) mass is 227 g/mol. The first-order valence-corrected chi connectivity index (χ1v) is 6.05. The fraction of sp³-hybridized carbons (Fsp3) is 0.333. The van der Waals surface area contributed by atoms with Crippen LogP contribution in [0.1, 0.15) is 37.0 Å². The van der Waals surface area contributed by atoms with Crippen LogP contribution in [0.3, 0.4) is 0 Å². The summed E-state index contributed by atoms with van der Waals surface area (Å²) in [4.78, 5) is 16.4. The van der Waals surface area contributed by atoms with Crippen LogP contribution in [0.4, 0.5) is 0 Å². The molecule has 0 radical (unpaired) electrons. The third-order valence-electron chi connectivity index (χ3n) is 2.89. The Labute approximate surface area is 102 Å². The van der Waals surface area contributed by atoms with Gasteiger partial charge in [0.05, 0.1) is 5.52 Å². The molecule has 17 heavy (non-hydrogen) atoms. The van der Waals surface area contributed by atoms with E-state index in [2.05, 4.69) is 18.8 Å². The zero-order chi connectivity index (χ0) is 12.3. The fourth-order valence-corrected chi connectivity index (χ4v) is 1.90. The van der Waals surface area contributed by atoms with Crippen molar-refractivity contribution in [1.82, 2.24) is 4.98 Å². The van der Waals surface area contributed by atoms with E-state index in [0.717, 1.165) is 22.9 Å². The van der Waals surface area contributed by atoms with E-state index in [1.807, 2.05) is 30.3 Å². The lowest BCUT2D eigenvalue weighted by Crippen LogP contribution is -2.02. The molecule has 0 aliphatic rings. The zero-order valence-electron chi connectivity index (χ0n) is 10.3. The van der Waals surface area contributed by atoms with Gasteiger partial charge in [0.1, 0.15) is 0 Å². The van der Waals surface area contributed by atoms with Crippen LogP contribution >= 0.6 is 0 Å². The van der Waals surface area contributed by atoms with Crippen molar-refractivity contribution in [2.75, 3.05) is 0 Å². The van der Waals surface area contributed by atoms with Crippen LogP contribution in [-0.4, -0.2) is 10.8 Å². The molecule has 1 aromatic carbocycles. The Morgan fingerprint density at radius 3 is 2.82 bits per heavy atom. The molecule has 2 heteroatoms. The van der Waals surface area contributed by atoms with Gasteiger partial charge in [0, 0.05) is 23.6 Å². The van der Waals surface area contributed by atoms with Gasteiger partial charge in [-0.15, -0.1) is 0 Å². The normalized spacial score (nSPS) is 11.0. The number of hydrogen-bond acceptors (Lipinski definition) is 2. The van der Waals surface area contributed by atoms with Gasteiger partial charge in [-0.05, 0) is 24.5 Å². The summed E-state index contributed by atoms with van der Waals surface area (Å²) < 4.78 is 0. The maximum absolute atomic E-state index is 12.1. The number of aromatic nitrogens is 1. The largest absolute Gasteiger partial charge is 0.294 e. The van der Waals surface area contributed by atoms with Gasteiger partial charge in [0.25, 0.3) is 0 Å². The smallest absolute Gasteiger partial charge is 0.163 e. The quantitative estimate of drug-likeness (QED) is 0.742. The molecule has 0 fully saturated rings. The van der Waals surface area contributed by atoms with E-state index in [9.17, 15) is 4.79 Å². The molecule has 0 spiro atoms. The van der Waals surface area contributed by atoms with Crippen LogP contribution in [0.25, 0.3) is 10.9 Å². The number of benzene rings is 1. The number of hydrogen-bond donors (Lipinski definition) is 0. The third-order valence-corrected chi connectivity index (χ3v) is 2.89. The van der Waals surface area contributed by atoms with E-state index >= 15 is 0 Å². The number of fused-ring (bicyclic) bond motifs is 1. The van der Waals surface area contributed by atoms with Crippen molar-refractivity contribution in [1.29, 1.82) is 0 Å². The minimum Gasteiger partial charge on any atom is -0.294 e. The van der Waals surface area contributed by atoms with Crippen LogP contribution < -0.4 is 0 Å². The second-order valence-corrected chi connectivity index (χ2v) is 4.73. The van der Waals surface area contributed by atoms with Gasteiger partial charge < -0.3 is 0 Å². The summed E-state index contributed by atoms with van der Waals surface area (Å²) in [6, 6.07) is 9.58. The molecule has 0 N–H and O–H groups in total. The SMILES string of the molecule is CC(C)CCC(=O)c1cccc2ncccc12. The Morgan fingerprint density at radius 1 is 1.24 bits per heavy atom. The van der Waals surface area contributed by atoms with Gasteiger partial charge in [-0.2, -0.15) is 0 Å². The molecule has 0 saturated carbocycles. The highest BCUT2D eigenvalue weighted by Crippen LogP contribution is 2.19. The second kappa shape index (κ2) is 5.09. The first-order valence-electron chi connectivity index (χ1n) is 6.05. The minimum absolute atomic E-state index is 0.220. The van der Waals surface area contributed by atoms with E-state index in [-0.39, 0.29) is 5.78 Å². The number of Topliss-reactive ketones (excluding diaryl/α,β-unsaturated/α-hetero) is 1. The van der Waals surface area contributed by atoms with Gasteiger partial charge in [0.2, 0.25) is 0 Å². The summed E-state index contributed by atoms with van der Waals surface area (Å²) in [5.41, 5.74) is 1.69. The number of ketones is 1. The van der Waals surface area contributed by atoms with Gasteiger partial charge >= 0.3 is 0 Å². The Balaban J connectivity index is 2.32. The van der Waals surface area contributed by atoms with Gasteiger partial charge in [0.15, 0.2) is 5.78 Å². The molecule has 1 heterocycles. The van der Waals surface area contributed by atoms with Crippen molar-refractivity contribution in [2.45, 2.75) is 26.7 Å². The summed E-state index contributed by atoms with van der Waals surface area (Å²) in [7, 11) is 0. The Hall–Kier alpha value is -1.70. The Kier molecular flexibility index (Phi) is 3.52. The molecule has 2 rings (SSSR count). The molecule has 0 bridgehead atoms. The van der Waals surface area contributed by atoms with E-state index < -0.39 is 0 Å². The Bertz CT molecular complexity index is 526. The summed E-state index contributed by atoms with van der Waals surface area (Å²) in [6.45, 7) is 4.27. The molecule has 2 nitrogen and oxygen atoms in total. The van der Waals surface area contributed by atoms with Crippen LogP contribution in [0.2, 0.25) is 0 Å². The molecule has 0 amide bonds. The van der Waals surface area contributed by atoms with Gasteiger partial charge in [-0.25, -0.2) is 0 Å². The molecule has 0 aliphatic heterocycles. The lowest BCUT2D eigenvalue weighted by atomic mass is 9.98. The highest BCUT2D eigenvalue weighted by atomic mass is 16.1. The van der Waals surface area contributed by atoms with E-state index in [1.54, 1.807) is 6.20 Å². The highest BCUT2D eigenvalue weighted by molar-refractivity contribution is 6.07. The predicted molar refractivity (Wildman–Crippen MR) is 70.1 cm³/mol. The molecule has 0 aliphatic carbocycles. The molecule has 0 saturated heterocycles. The molecule has 2 aromatic rings. The maximum atomic E-state index is 12.1. The average Bonchev–Trinajstić information content (AvgIpc) is 2.35. The number of carbonyl (C=O) groups excluding carboxylic acids is 1. The van der Waals surface area contributed by atoms with Crippen LogP contribution in [0.15, 0.2) is 36.5 Å². The topological polar surface area (TPSA) is 30.0 Å². The second-order valence-electron chi connectivity index (χ2n) is 4.73. The third kappa shape index (κ3) is 2.70. The molecule has 88 valence electrons. The predicted octanol–water partition coefficient (Wildman–Crippen LogP) is 3.85. The first kappa shape index (κ1) is 11.8. The van der Waals surface area contributed by atoms with Crippen LogP contribution in [-0.2, 0) is 0 Å². The van der Waals surface area contributed by atoms with Crippen molar-refractivity contribution >= 4 is 16.7 Å². The van der Waals surface area contributed by atoms with E-state index in [0.29, 0.717) is 12.3 Å². The van der Waals surface area contributed by atoms with Gasteiger partial charge in [-0.3, -0.25) is 9.78 Å². The van der Waals surface area contributed by atoms with Crippen molar-refractivity contribution in [3.05, 3.63) is 42.1 Å². The molecule has 0 unspecified atom stereocenters. The molecule has 0 atom stereocenters. The lowest BCUT2D eigenvalue weighted by molar-refractivity contribution is 0.0977. The zero-order valence-corrected chi connectivity index (χ0v) is 10.3. The van der Waals surface area contributed by atoms with Crippen molar-refractivity contribution in [2.24, 2.45) is 5.92 Å². The summed E-state index contributed by atoms with van der Waals surface area (Å²) in [6.07, 6.45) is 3.31. The first-order chi connectivity index (χ1) is 8.18. The summed E-state index contributed by atoms with van der Waals surface area (Å²) >= 11 is 0. The molecular formula is C15H17NO.